The van der Waals surface area contributed by atoms with Gasteiger partial charge in [0.25, 0.3) is 5.91 Å². The molecule has 0 saturated carbocycles. The maximum atomic E-state index is 12.7. The standard InChI is InChI=1S/C17H20F3N3O2/c1-3-5-13-9-14(23(2)22-13)16(25)21-10-15(24)11-6-4-7-12(8-11)17(18,19)20/h4,6-9,15,24H,3,5,10H2,1-2H3,(H,21,25)/t15-/m1/s1. The monoisotopic (exact) mass is 355 g/mol. The first kappa shape index (κ1) is 19.0. The zero-order valence-corrected chi connectivity index (χ0v) is 14.0. The Morgan fingerprint density at radius 2 is 2.08 bits per heavy atom. The van der Waals surface area contributed by atoms with E-state index < -0.39 is 23.8 Å². The number of aryl methyl sites for hydroxylation is 2. The normalized spacial score (nSPS) is 12.9. The van der Waals surface area contributed by atoms with Gasteiger partial charge in [0.2, 0.25) is 0 Å². The Morgan fingerprint density at radius 3 is 2.72 bits per heavy atom. The molecule has 136 valence electrons. The van der Waals surface area contributed by atoms with Crippen molar-refractivity contribution in [3.63, 3.8) is 0 Å². The first-order valence-electron chi connectivity index (χ1n) is 7.88. The van der Waals surface area contributed by atoms with Crippen LogP contribution in [-0.2, 0) is 19.6 Å². The van der Waals surface area contributed by atoms with Crippen LogP contribution in [0.2, 0.25) is 0 Å². The van der Waals surface area contributed by atoms with Crippen molar-refractivity contribution in [3.8, 4) is 0 Å². The van der Waals surface area contributed by atoms with E-state index in [9.17, 15) is 23.1 Å². The van der Waals surface area contributed by atoms with E-state index in [4.69, 9.17) is 0 Å². The molecule has 1 aromatic carbocycles. The number of rotatable bonds is 6. The summed E-state index contributed by atoms with van der Waals surface area (Å²) in [5.41, 5.74) is 0.367. The van der Waals surface area contributed by atoms with Gasteiger partial charge in [-0.25, -0.2) is 0 Å². The first-order valence-corrected chi connectivity index (χ1v) is 7.88. The highest BCUT2D eigenvalue weighted by atomic mass is 19.4. The van der Waals surface area contributed by atoms with Gasteiger partial charge < -0.3 is 10.4 Å². The number of alkyl halides is 3. The van der Waals surface area contributed by atoms with Crippen LogP contribution in [0.5, 0.6) is 0 Å². The third kappa shape index (κ3) is 4.82. The van der Waals surface area contributed by atoms with Gasteiger partial charge in [-0.1, -0.05) is 25.5 Å². The zero-order chi connectivity index (χ0) is 18.6. The molecule has 1 amide bonds. The molecule has 2 N–H and O–H groups in total. The molecule has 0 aliphatic rings. The second-order valence-corrected chi connectivity index (χ2v) is 5.74. The molecule has 2 rings (SSSR count). The molecule has 1 atom stereocenters. The Bertz CT molecular complexity index is 741. The van der Waals surface area contributed by atoms with Crippen LogP contribution >= 0.6 is 0 Å². The van der Waals surface area contributed by atoms with E-state index in [1.54, 1.807) is 13.1 Å². The fourth-order valence-electron chi connectivity index (χ4n) is 2.44. The minimum Gasteiger partial charge on any atom is -0.387 e. The van der Waals surface area contributed by atoms with Gasteiger partial charge in [-0.2, -0.15) is 18.3 Å². The smallest absolute Gasteiger partial charge is 0.387 e. The summed E-state index contributed by atoms with van der Waals surface area (Å²) in [6.07, 6.45) is -4.08. The lowest BCUT2D eigenvalue weighted by Crippen LogP contribution is -2.30. The van der Waals surface area contributed by atoms with E-state index in [0.29, 0.717) is 5.69 Å². The number of aromatic nitrogens is 2. The van der Waals surface area contributed by atoms with Crippen LogP contribution in [0.25, 0.3) is 0 Å². The summed E-state index contributed by atoms with van der Waals surface area (Å²) in [5, 5.41) is 16.8. The first-order chi connectivity index (χ1) is 11.7. The number of carbonyl (C=O) groups is 1. The van der Waals surface area contributed by atoms with Crippen LogP contribution in [0, 0.1) is 0 Å². The highest BCUT2D eigenvalue weighted by molar-refractivity contribution is 5.92. The van der Waals surface area contributed by atoms with Gasteiger partial charge in [0.05, 0.1) is 17.4 Å². The maximum absolute atomic E-state index is 12.7. The third-order valence-electron chi connectivity index (χ3n) is 3.72. The number of nitrogens with one attached hydrogen (secondary N) is 1. The number of carbonyl (C=O) groups excluding carboxylic acids is 1. The van der Waals surface area contributed by atoms with Crippen molar-refractivity contribution in [2.24, 2.45) is 7.05 Å². The summed E-state index contributed by atoms with van der Waals surface area (Å²) < 4.78 is 39.6. The summed E-state index contributed by atoms with van der Waals surface area (Å²) in [6, 6.07) is 6.08. The van der Waals surface area contributed by atoms with E-state index in [2.05, 4.69) is 10.4 Å². The molecule has 0 spiro atoms. The molecule has 0 aliphatic carbocycles. The van der Waals surface area contributed by atoms with Gasteiger partial charge in [0.15, 0.2) is 0 Å². The van der Waals surface area contributed by atoms with Crippen LogP contribution in [0.4, 0.5) is 13.2 Å². The van der Waals surface area contributed by atoms with Crippen LogP contribution in [0.15, 0.2) is 30.3 Å². The van der Waals surface area contributed by atoms with E-state index >= 15 is 0 Å². The second kappa shape index (κ2) is 7.69. The van der Waals surface area contributed by atoms with Crippen molar-refractivity contribution >= 4 is 5.91 Å². The molecule has 0 unspecified atom stereocenters. The van der Waals surface area contributed by atoms with Crippen molar-refractivity contribution in [1.82, 2.24) is 15.1 Å². The molecule has 0 radical (unpaired) electrons. The predicted octanol–water partition coefficient (Wildman–Crippen LogP) is 2.85. The highest BCUT2D eigenvalue weighted by Gasteiger charge is 2.30. The number of benzene rings is 1. The molecule has 2 aromatic rings. The van der Waals surface area contributed by atoms with Gasteiger partial charge in [-0.15, -0.1) is 0 Å². The van der Waals surface area contributed by atoms with Crippen molar-refractivity contribution < 1.29 is 23.1 Å². The number of hydrogen-bond donors (Lipinski definition) is 2. The number of aliphatic hydroxyl groups is 1. The molecule has 0 bridgehead atoms. The summed E-state index contributed by atoms with van der Waals surface area (Å²) in [5.74, 6) is -0.441. The summed E-state index contributed by atoms with van der Waals surface area (Å²) in [7, 11) is 1.64. The van der Waals surface area contributed by atoms with Crippen molar-refractivity contribution in [3.05, 3.63) is 52.8 Å². The van der Waals surface area contributed by atoms with E-state index in [0.717, 1.165) is 30.7 Å². The molecule has 1 aromatic heterocycles. The average Bonchev–Trinajstić information content (AvgIpc) is 2.92. The van der Waals surface area contributed by atoms with E-state index in [1.807, 2.05) is 6.92 Å². The molecule has 0 aliphatic heterocycles. The minimum atomic E-state index is -4.48. The number of hydrogen-bond acceptors (Lipinski definition) is 3. The molecule has 1 heterocycles. The average molecular weight is 355 g/mol. The molecule has 0 saturated heterocycles. The van der Waals surface area contributed by atoms with Gasteiger partial charge in [0, 0.05) is 13.6 Å². The minimum absolute atomic E-state index is 0.0896. The molecule has 8 heteroatoms. The number of aliphatic hydroxyl groups excluding tert-OH is 1. The molecule has 0 fully saturated rings. The van der Waals surface area contributed by atoms with E-state index in [1.165, 1.54) is 16.8 Å². The van der Waals surface area contributed by atoms with Gasteiger partial charge in [0.1, 0.15) is 5.69 Å². The van der Waals surface area contributed by atoms with Crippen LogP contribution in [0.3, 0.4) is 0 Å². The molecular formula is C17H20F3N3O2. The fraction of sp³-hybridized carbons (Fsp3) is 0.412. The van der Waals surface area contributed by atoms with Crippen LogP contribution < -0.4 is 5.32 Å². The lowest BCUT2D eigenvalue weighted by Gasteiger charge is -2.14. The molecule has 25 heavy (non-hydrogen) atoms. The molecular weight excluding hydrogens is 335 g/mol. The number of nitrogens with zero attached hydrogens (tertiary/aromatic N) is 2. The Kier molecular flexibility index (Phi) is 5.84. The maximum Gasteiger partial charge on any atom is 0.416 e. The predicted molar refractivity (Wildman–Crippen MR) is 85.9 cm³/mol. The van der Waals surface area contributed by atoms with Gasteiger partial charge in [-0.05, 0) is 30.2 Å². The lowest BCUT2D eigenvalue weighted by molar-refractivity contribution is -0.137. The summed E-state index contributed by atoms with van der Waals surface area (Å²) in [4.78, 5) is 12.2. The Morgan fingerprint density at radius 1 is 1.36 bits per heavy atom. The Balaban J connectivity index is 2.02. The topological polar surface area (TPSA) is 67.2 Å². The van der Waals surface area contributed by atoms with Crippen molar-refractivity contribution in [2.45, 2.75) is 32.0 Å². The zero-order valence-electron chi connectivity index (χ0n) is 14.0. The Hall–Kier alpha value is -2.35. The van der Waals surface area contributed by atoms with Crippen LogP contribution in [0.1, 0.15) is 46.8 Å². The number of amides is 1. The van der Waals surface area contributed by atoms with Crippen molar-refractivity contribution in [2.75, 3.05) is 6.54 Å². The van der Waals surface area contributed by atoms with Crippen molar-refractivity contribution in [1.29, 1.82) is 0 Å². The second-order valence-electron chi connectivity index (χ2n) is 5.74. The van der Waals surface area contributed by atoms with Crippen LogP contribution in [-0.4, -0.2) is 27.3 Å². The fourth-order valence-corrected chi connectivity index (χ4v) is 2.44. The SMILES string of the molecule is CCCc1cc(C(=O)NC[C@@H](O)c2cccc(C(F)(F)F)c2)n(C)n1. The largest absolute Gasteiger partial charge is 0.416 e. The molecule has 5 nitrogen and oxygen atoms in total. The summed E-state index contributed by atoms with van der Waals surface area (Å²) >= 11 is 0. The quantitative estimate of drug-likeness (QED) is 0.837. The van der Waals surface area contributed by atoms with E-state index in [-0.39, 0.29) is 12.1 Å². The Labute approximate surface area is 143 Å². The number of halogens is 3. The van der Waals surface area contributed by atoms with Gasteiger partial charge >= 0.3 is 6.18 Å². The third-order valence-corrected chi connectivity index (χ3v) is 3.72. The van der Waals surface area contributed by atoms with Gasteiger partial charge in [-0.3, -0.25) is 9.48 Å². The highest BCUT2D eigenvalue weighted by Crippen LogP contribution is 2.30. The summed E-state index contributed by atoms with van der Waals surface area (Å²) in [6.45, 7) is 1.80. The lowest BCUT2D eigenvalue weighted by atomic mass is 10.1.